The molecule has 0 radical (unpaired) electrons. The Morgan fingerprint density at radius 1 is 1.36 bits per heavy atom. The van der Waals surface area contributed by atoms with Crippen LogP contribution >= 0.6 is 0 Å². The molecule has 1 fully saturated rings. The molecule has 1 aliphatic rings. The van der Waals surface area contributed by atoms with Gasteiger partial charge in [-0.15, -0.1) is 0 Å². The van der Waals surface area contributed by atoms with Gasteiger partial charge in [0.25, 0.3) is 5.56 Å². The Labute approximate surface area is 129 Å². The van der Waals surface area contributed by atoms with Crippen molar-refractivity contribution in [2.45, 2.75) is 26.8 Å². The fourth-order valence-corrected chi connectivity index (χ4v) is 2.55. The second-order valence-electron chi connectivity index (χ2n) is 5.65. The van der Waals surface area contributed by atoms with Crippen molar-refractivity contribution < 1.29 is 4.74 Å². The molecule has 116 valence electrons. The van der Waals surface area contributed by atoms with Gasteiger partial charge in [-0.3, -0.25) is 4.79 Å². The van der Waals surface area contributed by atoms with Crippen LogP contribution in [0.5, 0.6) is 0 Å². The minimum atomic E-state index is -0.103. The summed E-state index contributed by atoms with van der Waals surface area (Å²) in [6.45, 7) is 8.01. The minimum absolute atomic E-state index is 0.103. The van der Waals surface area contributed by atoms with Crippen LogP contribution in [-0.2, 0) is 4.74 Å². The number of ether oxygens (including phenoxy) is 1. The van der Waals surface area contributed by atoms with E-state index in [1.54, 1.807) is 13.1 Å². The Balaban J connectivity index is 1.90. The van der Waals surface area contributed by atoms with Crippen LogP contribution in [0.3, 0.4) is 0 Å². The van der Waals surface area contributed by atoms with E-state index in [2.05, 4.69) is 26.8 Å². The van der Waals surface area contributed by atoms with Crippen LogP contribution in [-0.4, -0.2) is 40.8 Å². The second-order valence-corrected chi connectivity index (χ2v) is 5.65. The minimum Gasteiger partial charge on any atom is -0.377 e. The van der Waals surface area contributed by atoms with E-state index in [1.807, 2.05) is 19.1 Å². The third kappa shape index (κ3) is 2.74. The van der Waals surface area contributed by atoms with Gasteiger partial charge in [0.15, 0.2) is 0 Å². The van der Waals surface area contributed by atoms with Gasteiger partial charge >= 0.3 is 0 Å². The molecular formula is C16H20N4O2. The van der Waals surface area contributed by atoms with Crippen molar-refractivity contribution in [3.05, 3.63) is 39.9 Å². The summed E-state index contributed by atoms with van der Waals surface area (Å²) in [6.07, 6.45) is 1.75. The first-order chi connectivity index (χ1) is 10.6. The van der Waals surface area contributed by atoms with E-state index in [0.29, 0.717) is 17.4 Å². The van der Waals surface area contributed by atoms with Crippen molar-refractivity contribution in [2.24, 2.45) is 0 Å². The van der Waals surface area contributed by atoms with E-state index in [1.165, 1.54) is 0 Å². The number of aryl methyl sites for hydroxylation is 1. The van der Waals surface area contributed by atoms with E-state index in [0.717, 1.165) is 36.8 Å². The largest absolute Gasteiger partial charge is 0.377 e. The van der Waals surface area contributed by atoms with Gasteiger partial charge in [0.2, 0.25) is 0 Å². The number of hydrogen-bond acceptors (Lipinski definition) is 5. The van der Waals surface area contributed by atoms with Crippen LogP contribution < -0.4 is 10.5 Å². The number of nitrogens with zero attached hydrogens (tertiary/aromatic N) is 3. The molecule has 1 aliphatic heterocycles. The number of nitrogens with one attached hydrogen (secondary N) is 1. The van der Waals surface area contributed by atoms with Gasteiger partial charge < -0.3 is 14.6 Å². The number of H-pyrrole nitrogens is 1. The number of aromatic nitrogens is 3. The number of rotatable bonds is 2. The smallest absolute Gasteiger partial charge is 0.254 e. The first-order valence-electron chi connectivity index (χ1n) is 7.44. The average molecular weight is 300 g/mol. The molecule has 1 N–H and O–H groups in total. The first kappa shape index (κ1) is 14.7. The molecule has 6 nitrogen and oxygen atoms in total. The monoisotopic (exact) mass is 300 g/mol. The zero-order chi connectivity index (χ0) is 15.7. The summed E-state index contributed by atoms with van der Waals surface area (Å²) in [5, 5.41) is 0. The molecule has 0 saturated carbocycles. The lowest BCUT2D eigenvalue weighted by Crippen LogP contribution is -2.44. The highest BCUT2D eigenvalue weighted by Crippen LogP contribution is 2.20. The van der Waals surface area contributed by atoms with Crippen molar-refractivity contribution in [2.75, 3.05) is 24.7 Å². The normalized spacial score (nSPS) is 18.5. The van der Waals surface area contributed by atoms with Gasteiger partial charge in [-0.25, -0.2) is 9.97 Å². The average Bonchev–Trinajstić information content (AvgIpc) is 2.53. The summed E-state index contributed by atoms with van der Waals surface area (Å²) in [5.41, 5.74) is 2.10. The molecule has 0 aliphatic carbocycles. The standard InChI is InChI=1S/C16H20N4O2/c1-10-9-22-7-6-20(10)14-5-4-13(8-17-14)15-18-12(3)11(2)16(21)19-15/h4-5,8,10H,6-7,9H2,1-3H3,(H,18,19,21). The summed E-state index contributed by atoms with van der Waals surface area (Å²) >= 11 is 0. The first-order valence-corrected chi connectivity index (χ1v) is 7.44. The van der Waals surface area contributed by atoms with Crippen LogP contribution in [0.25, 0.3) is 11.4 Å². The van der Waals surface area contributed by atoms with Crippen molar-refractivity contribution in [3.8, 4) is 11.4 Å². The lowest BCUT2D eigenvalue weighted by molar-refractivity contribution is 0.0985. The van der Waals surface area contributed by atoms with E-state index >= 15 is 0 Å². The predicted octanol–water partition coefficient (Wildman–Crippen LogP) is 1.67. The lowest BCUT2D eigenvalue weighted by atomic mass is 10.2. The molecule has 0 amide bonds. The van der Waals surface area contributed by atoms with E-state index in [9.17, 15) is 4.79 Å². The fourth-order valence-electron chi connectivity index (χ4n) is 2.55. The molecule has 0 aromatic carbocycles. The van der Waals surface area contributed by atoms with Gasteiger partial charge in [0, 0.05) is 29.6 Å². The molecule has 0 spiro atoms. The quantitative estimate of drug-likeness (QED) is 0.913. The van der Waals surface area contributed by atoms with Gasteiger partial charge in [-0.2, -0.15) is 0 Å². The van der Waals surface area contributed by atoms with Gasteiger partial charge in [-0.1, -0.05) is 0 Å². The topological polar surface area (TPSA) is 71.1 Å². The summed E-state index contributed by atoms with van der Waals surface area (Å²) < 4.78 is 5.44. The molecular weight excluding hydrogens is 280 g/mol. The highest BCUT2D eigenvalue weighted by Gasteiger charge is 2.20. The molecule has 6 heteroatoms. The highest BCUT2D eigenvalue weighted by molar-refractivity contribution is 5.56. The van der Waals surface area contributed by atoms with Crippen molar-refractivity contribution in [3.63, 3.8) is 0 Å². The summed E-state index contributed by atoms with van der Waals surface area (Å²) in [4.78, 5) is 25.8. The Hall–Kier alpha value is -2.21. The highest BCUT2D eigenvalue weighted by atomic mass is 16.5. The maximum absolute atomic E-state index is 11.9. The van der Waals surface area contributed by atoms with Crippen LogP contribution in [0, 0.1) is 13.8 Å². The fraction of sp³-hybridized carbons (Fsp3) is 0.438. The molecule has 3 heterocycles. The predicted molar refractivity (Wildman–Crippen MR) is 85.2 cm³/mol. The van der Waals surface area contributed by atoms with Crippen LogP contribution in [0.1, 0.15) is 18.2 Å². The number of aromatic amines is 1. The van der Waals surface area contributed by atoms with Crippen molar-refractivity contribution in [1.82, 2.24) is 15.0 Å². The zero-order valence-corrected chi connectivity index (χ0v) is 13.1. The van der Waals surface area contributed by atoms with E-state index in [4.69, 9.17) is 4.74 Å². The zero-order valence-electron chi connectivity index (χ0n) is 13.1. The molecule has 2 aromatic rings. The van der Waals surface area contributed by atoms with Crippen LogP contribution in [0.15, 0.2) is 23.1 Å². The van der Waals surface area contributed by atoms with E-state index in [-0.39, 0.29) is 5.56 Å². The maximum Gasteiger partial charge on any atom is 0.254 e. The lowest BCUT2D eigenvalue weighted by Gasteiger charge is -2.34. The van der Waals surface area contributed by atoms with Crippen LogP contribution in [0.4, 0.5) is 5.82 Å². The second kappa shape index (κ2) is 5.88. The van der Waals surface area contributed by atoms with Crippen molar-refractivity contribution >= 4 is 5.82 Å². The maximum atomic E-state index is 11.9. The Kier molecular flexibility index (Phi) is 3.94. The summed E-state index contributed by atoms with van der Waals surface area (Å²) in [6, 6.07) is 4.22. The third-order valence-corrected chi connectivity index (χ3v) is 4.08. The molecule has 2 aromatic heterocycles. The van der Waals surface area contributed by atoms with Gasteiger partial charge in [-0.05, 0) is 32.9 Å². The molecule has 1 saturated heterocycles. The molecule has 3 rings (SSSR count). The third-order valence-electron chi connectivity index (χ3n) is 4.08. The van der Waals surface area contributed by atoms with Crippen molar-refractivity contribution in [1.29, 1.82) is 0 Å². The SMILES string of the molecule is Cc1nc(-c2ccc(N3CCOCC3C)nc2)[nH]c(=O)c1C. The number of morpholine rings is 1. The number of pyridine rings is 1. The van der Waals surface area contributed by atoms with E-state index < -0.39 is 0 Å². The summed E-state index contributed by atoms with van der Waals surface area (Å²) in [7, 11) is 0. The Morgan fingerprint density at radius 2 is 2.18 bits per heavy atom. The molecule has 1 unspecified atom stereocenters. The molecule has 22 heavy (non-hydrogen) atoms. The number of hydrogen-bond donors (Lipinski definition) is 1. The molecule has 0 bridgehead atoms. The Bertz CT molecular complexity index is 724. The summed E-state index contributed by atoms with van der Waals surface area (Å²) in [5.74, 6) is 1.48. The van der Waals surface area contributed by atoms with Crippen LogP contribution in [0.2, 0.25) is 0 Å². The Morgan fingerprint density at radius 3 is 2.82 bits per heavy atom. The molecule has 1 atom stereocenters. The number of anilines is 1. The van der Waals surface area contributed by atoms with Gasteiger partial charge in [0.1, 0.15) is 11.6 Å². The van der Waals surface area contributed by atoms with Gasteiger partial charge in [0.05, 0.1) is 19.3 Å².